The summed E-state index contributed by atoms with van der Waals surface area (Å²) in [5, 5.41) is 9.27. The number of ether oxygens (including phenoxy) is 1. The first-order chi connectivity index (χ1) is 9.29. The highest BCUT2D eigenvalue weighted by atomic mass is 79.9. The number of hydrogen-bond acceptors (Lipinski definition) is 2. The van der Waals surface area contributed by atoms with Gasteiger partial charge in [0, 0.05) is 5.56 Å². The molecular formula is C16H25BrO2. The molecule has 1 aromatic rings. The van der Waals surface area contributed by atoms with Gasteiger partial charge in [0.1, 0.15) is 5.75 Å². The van der Waals surface area contributed by atoms with Crippen molar-refractivity contribution in [2.24, 2.45) is 0 Å². The summed E-state index contributed by atoms with van der Waals surface area (Å²) in [6.07, 6.45) is 8.95. The van der Waals surface area contributed by atoms with E-state index >= 15 is 0 Å². The second-order valence-corrected chi connectivity index (χ2v) is 5.71. The van der Waals surface area contributed by atoms with Crippen molar-refractivity contribution >= 4 is 15.9 Å². The standard InChI is InChI=1S/C16H25BrO2/c1-2-3-4-5-6-7-8-12-19-16-14(13-18)10-9-11-15(16)17/h9-11,18H,2-8,12-13H2,1H3. The maximum absolute atomic E-state index is 9.27. The van der Waals surface area contributed by atoms with Gasteiger partial charge in [-0.05, 0) is 28.4 Å². The fourth-order valence-electron chi connectivity index (χ4n) is 2.07. The number of aliphatic hydroxyl groups is 1. The zero-order valence-corrected chi connectivity index (χ0v) is 13.4. The Kier molecular flexibility index (Phi) is 8.93. The molecule has 108 valence electrons. The van der Waals surface area contributed by atoms with Crippen molar-refractivity contribution < 1.29 is 9.84 Å². The second kappa shape index (κ2) is 10.3. The lowest BCUT2D eigenvalue weighted by atomic mass is 10.1. The SMILES string of the molecule is CCCCCCCCCOc1c(Br)cccc1CO. The lowest BCUT2D eigenvalue weighted by Gasteiger charge is -2.11. The third kappa shape index (κ3) is 6.44. The number of unbranched alkanes of at least 4 members (excludes halogenated alkanes) is 6. The number of halogens is 1. The van der Waals surface area contributed by atoms with Crippen LogP contribution >= 0.6 is 15.9 Å². The maximum Gasteiger partial charge on any atom is 0.138 e. The van der Waals surface area contributed by atoms with Crippen LogP contribution in [0.3, 0.4) is 0 Å². The third-order valence-corrected chi connectivity index (χ3v) is 3.84. The molecule has 0 unspecified atom stereocenters. The average molecular weight is 329 g/mol. The van der Waals surface area contributed by atoms with Gasteiger partial charge in [-0.1, -0.05) is 57.6 Å². The van der Waals surface area contributed by atoms with Gasteiger partial charge in [0.05, 0.1) is 17.7 Å². The molecule has 0 spiro atoms. The molecule has 0 saturated heterocycles. The lowest BCUT2D eigenvalue weighted by molar-refractivity contribution is 0.259. The van der Waals surface area contributed by atoms with Crippen LogP contribution in [-0.2, 0) is 6.61 Å². The highest BCUT2D eigenvalue weighted by Crippen LogP contribution is 2.29. The first-order valence-electron chi connectivity index (χ1n) is 7.30. The van der Waals surface area contributed by atoms with Gasteiger partial charge in [0.25, 0.3) is 0 Å². The van der Waals surface area contributed by atoms with E-state index in [1.165, 1.54) is 38.5 Å². The number of benzene rings is 1. The van der Waals surface area contributed by atoms with E-state index in [-0.39, 0.29) is 6.61 Å². The summed E-state index contributed by atoms with van der Waals surface area (Å²) in [5.74, 6) is 0.788. The third-order valence-electron chi connectivity index (χ3n) is 3.21. The zero-order valence-electron chi connectivity index (χ0n) is 11.8. The van der Waals surface area contributed by atoms with Gasteiger partial charge in [-0.2, -0.15) is 0 Å². The van der Waals surface area contributed by atoms with E-state index in [0.29, 0.717) is 0 Å². The number of aliphatic hydroxyl groups excluding tert-OH is 1. The molecule has 0 aliphatic carbocycles. The molecule has 0 aromatic heterocycles. The van der Waals surface area contributed by atoms with Gasteiger partial charge < -0.3 is 9.84 Å². The van der Waals surface area contributed by atoms with Gasteiger partial charge in [-0.3, -0.25) is 0 Å². The van der Waals surface area contributed by atoms with Crippen LogP contribution in [-0.4, -0.2) is 11.7 Å². The van der Waals surface area contributed by atoms with Crippen LogP contribution < -0.4 is 4.74 Å². The van der Waals surface area contributed by atoms with E-state index in [1.807, 2.05) is 18.2 Å². The van der Waals surface area contributed by atoms with Gasteiger partial charge in [0.2, 0.25) is 0 Å². The molecule has 1 N–H and O–H groups in total. The van der Waals surface area contributed by atoms with E-state index in [4.69, 9.17) is 4.74 Å². The summed E-state index contributed by atoms with van der Waals surface area (Å²) < 4.78 is 6.70. The summed E-state index contributed by atoms with van der Waals surface area (Å²) in [4.78, 5) is 0. The molecule has 0 heterocycles. The Balaban J connectivity index is 2.19. The van der Waals surface area contributed by atoms with Crippen LogP contribution in [0.25, 0.3) is 0 Å². The van der Waals surface area contributed by atoms with Crippen LogP contribution in [0.15, 0.2) is 22.7 Å². The van der Waals surface area contributed by atoms with Crippen LogP contribution in [0, 0.1) is 0 Å². The fourth-order valence-corrected chi connectivity index (χ4v) is 2.59. The Labute approximate surface area is 125 Å². The van der Waals surface area contributed by atoms with Gasteiger partial charge in [-0.15, -0.1) is 0 Å². The van der Waals surface area contributed by atoms with E-state index in [1.54, 1.807) is 0 Å². The van der Waals surface area contributed by atoms with Crippen LogP contribution in [0.2, 0.25) is 0 Å². The van der Waals surface area contributed by atoms with Crippen molar-refractivity contribution in [1.29, 1.82) is 0 Å². The molecule has 19 heavy (non-hydrogen) atoms. The monoisotopic (exact) mass is 328 g/mol. The van der Waals surface area contributed by atoms with Gasteiger partial charge >= 0.3 is 0 Å². The predicted octanol–water partition coefficient (Wildman–Crippen LogP) is 5.07. The molecule has 2 nitrogen and oxygen atoms in total. The molecule has 0 fully saturated rings. The first kappa shape index (κ1) is 16.5. The van der Waals surface area contributed by atoms with Crippen molar-refractivity contribution in [3.63, 3.8) is 0 Å². The number of rotatable bonds is 10. The normalized spacial score (nSPS) is 10.7. The smallest absolute Gasteiger partial charge is 0.138 e. The number of para-hydroxylation sites is 1. The summed E-state index contributed by atoms with van der Waals surface area (Å²) in [6.45, 7) is 2.99. The Morgan fingerprint density at radius 2 is 1.74 bits per heavy atom. The van der Waals surface area contributed by atoms with Crippen molar-refractivity contribution in [1.82, 2.24) is 0 Å². The van der Waals surface area contributed by atoms with Gasteiger partial charge in [-0.25, -0.2) is 0 Å². The fraction of sp³-hybridized carbons (Fsp3) is 0.625. The van der Waals surface area contributed by atoms with Crippen molar-refractivity contribution in [3.05, 3.63) is 28.2 Å². The molecule has 3 heteroatoms. The Morgan fingerprint density at radius 3 is 2.42 bits per heavy atom. The highest BCUT2D eigenvalue weighted by Gasteiger charge is 2.06. The van der Waals surface area contributed by atoms with E-state index in [2.05, 4.69) is 22.9 Å². The van der Waals surface area contributed by atoms with Crippen LogP contribution in [0.1, 0.15) is 57.4 Å². The Bertz CT molecular complexity index is 353. The molecule has 0 aliphatic heterocycles. The zero-order chi connectivity index (χ0) is 13.9. The minimum absolute atomic E-state index is 0.0196. The molecule has 1 aromatic carbocycles. The average Bonchev–Trinajstić information content (AvgIpc) is 2.43. The minimum Gasteiger partial charge on any atom is -0.492 e. The summed E-state index contributed by atoms with van der Waals surface area (Å²) >= 11 is 3.46. The van der Waals surface area contributed by atoms with Crippen LogP contribution in [0.5, 0.6) is 5.75 Å². The van der Waals surface area contributed by atoms with Crippen molar-refractivity contribution in [2.75, 3.05) is 6.61 Å². The lowest BCUT2D eigenvalue weighted by Crippen LogP contribution is -2.01. The summed E-state index contributed by atoms with van der Waals surface area (Å²) in [5.41, 5.74) is 0.845. The van der Waals surface area contributed by atoms with E-state index in [9.17, 15) is 5.11 Å². The number of hydrogen-bond donors (Lipinski definition) is 1. The first-order valence-corrected chi connectivity index (χ1v) is 8.10. The molecule has 0 amide bonds. The van der Waals surface area contributed by atoms with Crippen molar-refractivity contribution in [2.45, 2.75) is 58.5 Å². The van der Waals surface area contributed by atoms with Gasteiger partial charge in [0.15, 0.2) is 0 Å². The molecule has 1 rings (SSSR count). The van der Waals surface area contributed by atoms with E-state index in [0.717, 1.165) is 28.8 Å². The maximum atomic E-state index is 9.27. The minimum atomic E-state index is 0.0196. The highest BCUT2D eigenvalue weighted by molar-refractivity contribution is 9.10. The van der Waals surface area contributed by atoms with Crippen molar-refractivity contribution in [3.8, 4) is 5.75 Å². The molecule has 0 aliphatic rings. The quantitative estimate of drug-likeness (QED) is 0.607. The molecule has 0 radical (unpaired) electrons. The summed E-state index contributed by atoms with van der Waals surface area (Å²) in [6, 6.07) is 5.75. The second-order valence-electron chi connectivity index (χ2n) is 4.86. The molecule has 0 saturated carbocycles. The van der Waals surface area contributed by atoms with E-state index < -0.39 is 0 Å². The van der Waals surface area contributed by atoms with Crippen LogP contribution in [0.4, 0.5) is 0 Å². The molecule has 0 atom stereocenters. The largest absolute Gasteiger partial charge is 0.492 e. The Hall–Kier alpha value is -0.540. The predicted molar refractivity (Wildman–Crippen MR) is 83.6 cm³/mol. The molecule has 0 bridgehead atoms. The summed E-state index contributed by atoms with van der Waals surface area (Å²) in [7, 11) is 0. The Morgan fingerprint density at radius 1 is 1.05 bits per heavy atom. The molecular weight excluding hydrogens is 304 g/mol. The topological polar surface area (TPSA) is 29.5 Å².